The topological polar surface area (TPSA) is 104 Å². The van der Waals surface area contributed by atoms with Crippen molar-refractivity contribution in [1.82, 2.24) is 0 Å². The molecule has 194 valence electrons. The van der Waals surface area contributed by atoms with E-state index in [1.165, 1.54) is 6.07 Å². The number of cyclic esters (lactones) is 1. The van der Waals surface area contributed by atoms with Gasteiger partial charge >= 0.3 is 11.9 Å². The van der Waals surface area contributed by atoms with Crippen LogP contribution in [0.2, 0.25) is 0 Å². The highest BCUT2D eigenvalue weighted by Gasteiger charge is 2.53. The first-order valence-corrected chi connectivity index (χ1v) is 13.8. The lowest BCUT2D eigenvalue weighted by molar-refractivity contribution is 0.0242. The molecule has 1 heterocycles. The molecule has 0 radical (unpaired) electrons. The van der Waals surface area contributed by atoms with E-state index in [1.807, 2.05) is 27.7 Å². The average molecular weight is 632 g/mol. The molecule has 8 heteroatoms. The average Bonchev–Trinajstić information content (AvgIpc) is 3.19. The van der Waals surface area contributed by atoms with Gasteiger partial charge in [-0.15, -0.1) is 0 Å². The van der Waals surface area contributed by atoms with Crippen LogP contribution < -0.4 is 0 Å². The summed E-state index contributed by atoms with van der Waals surface area (Å²) in [5, 5.41) is 31.9. The molecular weight excluding hydrogens is 604 g/mol. The third kappa shape index (κ3) is 3.96. The van der Waals surface area contributed by atoms with Gasteiger partial charge in [-0.1, -0.05) is 39.8 Å². The number of benzene rings is 3. The molecule has 0 atom stereocenters. The SMILES string of the molecule is CCc1c(C2(c3cc(O)c(Br)c(CC)c3CC)OC(=O)c3c(C(=O)O)cccc32)cc(O)c(Br)c1CC. The highest BCUT2D eigenvalue weighted by atomic mass is 79.9. The highest BCUT2D eigenvalue weighted by molar-refractivity contribution is 9.11. The molecular formula is C29H28Br2O6. The summed E-state index contributed by atoms with van der Waals surface area (Å²) in [6.45, 7) is 7.92. The molecule has 1 aliphatic rings. The van der Waals surface area contributed by atoms with Crippen molar-refractivity contribution in [1.29, 1.82) is 0 Å². The summed E-state index contributed by atoms with van der Waals surface area (Å²) >= 11 is 7.03. The van der Waals surface area contributed by atoms with Crippen molar-refractivity contribution >= 4 is 43.8 Å². The van der Waals surface area contributed by atoms with Crippen LogP contribution >= 0.6 is 31.9 Å². The Labute approximate surface area is 232 Å². The number of carbonyl (C=O) groups excluding carboxylic acids is 1. The summed E-state index contributed by atoms with van der Waals surface area (Å²) in [4.78, 5) is 25.7. The lowest BCUT2D eigenvalue weighted by Gasteiger charge is -2.35. The minimum atomic E-state index is -1.58. The Balaban J connectivity index is 2.30. The van der Waals surface area contributed by atoms with E-state index < -0.39 is 17.5 Å². The molecule has 0 spiro atoms. The van der Waals surface area contributed by atoms with E-state index in [4.69, 9.17) is 4.74 Å². The van der Waals surface area contributed by atoms with Gasteiger partial charge in [0, 0.05) is 16.7 Å². The van der Waals surface area contributed by atoms with E-state index in [0.717, 1.165) is 22.3 Å². The number of phenols is 2. The van der Waals surface area contributed by atoms with Crippen LogP contribution in [0.3, 0.4) is 0 Å². The molecule has 0 aliphatic carbocycles. The number of aromatic carboxylic acids is 1. The van der Waals surface area contributed by atoms with Crippen molar-refractivity contribution in [3.8, 4) is 11.5 Å². The van der Waals surface area contributed by atoms with Crippen molar-refractivity contribution < 1.29 is 29.6 Å². The largest absolute Gasteiger partial charge is 0.507 e. The maximum Gasteiger partial charge on any atom is 0.341 e. The summed E-state index contributed by atoms with van der Waals surface area (Å²) in [6, 6.07) is 7.84. The number of hydrogen-bond donors (Lipinski definition) is 3. The Morgan fingerprint density at radius 3 is 1.68 bits per heavy atom. The molecule has 0 fully saturated rings. The van der Waals surface area contributed by atoms with Crippen LogP contribution in [-0.2, 0) is 36.0 Å². The van der Waals surface area contributed by atoms with Gasteiger partial charge in [0.1, 0.15) is 11.5 Å². The molecule has 0 amide bonds. The van der Waals surface area contributed by atoms with Crippen LogP contribution in [-0.4, -0.2) is 27.3 Å². The molecule has 0 aromatic heterocycles. The highest BCUT2D eigenvalue weighted by Crippen LogP contribution is 2.54. The smallest absolute Gasteiger partial charge is 0.341 e. The van der Waals surface area contributed by atoms with Crippen LogP contribution in [0.25, 0.3) is 0 Å². The van der Waals surface area contributed by atoms with Crippen molar-refractivity contribution in [2.24, 2.45) is 0 Å². The summed E-state index contributed by atoms with van der Waals surface area (Å²) in [5.41, 5.74) is 3.16. The van der Waals surface area contributed by atoms with Crippen LogP contribution in [0.4, 0.5) is 0 Å². The molecule has 0 saturated heterocycles. The van der Waals surface area contributed by atoms with Crippen molar-refractivity contribution in [3.05, 3.63) is 89.3 Å². The number of esters is 1. The Morgan fingerprint density at radius 2 is 1.27 bits per heavy atom. The monoisotopic (exact) mass is 630 g/mol. The molecule has 0 saturated carbocycles. The summed E-state index contributed by atoms with van der Waals surface area (Å²) in [6.07, 6.45) is 2.33. The minimum Gasteiger partial charge on any atom is -0.507 e. The quantitative estimate of drug-likeness (QED) is 0.242. The third-order valence-corrected chi connectivity index (χ3v) is 8.99. The van der Waals surface area contributed by atoms with Crippen molar-refractivity contribution in [2.75, 3.05) is 0 Å². The lowest BCUT2D eigenvalue weighted by Crippen LogP contribution is -2.33. The van der Waals surface area contributed by atoms with E-state index >= 15 is 0 Å². The maximum atomic E-state index is 13.5. The molecule has 0 unspecified atom stereocenters. The zero-order valence-electron chi connectivity index (χ0n) is 21.0. The molecule has 3 aromatic rings. The van der Waals surface area contributed by atoms with Gasteiger partial charge in [-0.2, -0.15) is 0 Å². The Morgan fingerprint density at radius 1 is 0.811 bits per heavy atom. The number of rotatable bonds is 7. The first-order valence-electron chi connectivity index (χ1n) is 12.3. The summed E-state index contributed by atoms with van der Waals surface area (Å²) < 4.78 is 7.44. The molecule has 1 aliphatic heterocycles. The van der Waals surface area contributed by atoms with Crippen molar-refractivity contribution in [3.63, 3.8) is 0 Å². The van der Waals surface area contributed by atoms with Crippen LogP contribution in [0.5, 0.6) is 11.5 Å². The number of fused-ring (bicyclic) bond motifs is 1. The van der Waals surface area contributed by atoms with Gasteiger partial charge in [0.25, 0.3) is 0 Å². The molecule has 6 nitrogen and oxygen atoms in total. The van der Waals surface area contributed by atoms with Crippen LogP contribution in [0, 0.1) is 0 Å². The standard InChI is InChI=1S/C29H28Br2O6/c1-5-14-16(7-3)25(30)22(32)12-20(14)29(21-13-23(33)26(31)17(8-4)15(21)6-2)19-11-9-10-18(27(34)35)24(19)28(36)37-29/h9-13,32-33H,5-8H2,1-4H3,(H,34,35). The predicted octanol–water partition coefficient (Wildman–Crippen LogP) is 7.03. The van der Waals surface area contributed by atoms with Gasteiger partial charge in [-0.25, -0.2) is 9.59 Å². The fourth-order valence-corrected chi connectivity index (χ4v) is 6.95. The van der Waals surface area contributed by atoms with E-state index in [-0.39, 0.29) is 22.6 Å². The predicted molar refractivity (Wildman–Crippen MR) is 148 cm³/mol. The molecule has 3 N–H and O–H groups in total. The first kappa shape index (κ1) is 27.2. The van der Waals surface area contributed by atoms with E-state index in [0.29, 0.717) is 51.3 Å². The zero-order valence-corrected chi connectivity index (χ0v) is 24.2. The number of carboxylic acid groups (broad SMARTS) is 1. The summed E-state index contributed by atoms with van der Waals surface area (Å²) in [5.74, 6) is -2.04. The fraction of sp³-hybridized carbons (Fsp3) is 0.310. The number of carbonyl (C=O) groups is 2. The zero-order chi connectivity index (χ0) is 27.2. The van der Waals surface area contributed by atoms with Gasteiger partial charge in [0.2, 0.25) is 0 Å². The second-order valence-corrected chi connectivity index (χ2v) is 10.5. The number of phenolic OH excluding ortho intramolecular Hbond substituents is 2. The molecule has 37 heavy (non-hydrogen) atoms. The second kappa shape index (κ2) is 10.1. The third-order valence-electron chi connectivity index (χ3n) is 7.22. The van der Waals surface area contributed by atoms with Gasteiger partial charge in [-0.05, 0) is 98.0 Å². The Kier molecular flexibility index (Phi) is 7.45. The summed E-state index contributed by atoms with van der Waals surface area (Å²) in [7, 11) is 0. The van der Waals surface area contributed by atoms with E-state index in [1.54, 1.807) is 24.3 Å². The maximum absolute atomic E-state index is 13.5. The van der Waals surface area contributed by atoms with E-state index in [9.17, 15) is 24.9 Å². The molecule has 3 aromatic carbocycles. The van der Waals surface area contributed by atoms with E-state index in [2.05, 4.69) is 31.9 Å². The lowest BCUT2D eigenvalue weighted by atomic mass is 9.73. The number of hydrogen-bond acceptors (Lipinski definition) is 5. The molecule has 0 bridgehead atoms. The van der Waals surface area contributed by atoms with Gasteiger partial charge in [-0.3, -0.25) is 0 Å². The second-order valence-electron chi connectivity index (χ2n) is 8.95. The van der Waals surface area contributed by atoms with Gasteiger partial charge < -0.3 is 20.1 Å². The number of aromatic hydroxyl groups is 2. The first-order chi connectivity index (χ1) is 17.6. The fourth-order valence-electron chi connectivity index (χ4n) is 5.68. The Bertz CT molecular complexity index is 1380. The molecule has 4 rings (SSSR count). The number of ether oxygens (including phenoxy) is 1. The van der Waals surface area contributed by atoms with Gasteiger partial charge in [0.15, 0.2) is 5.60 Å². The van der Waals surface area contributed by atoms with Gasteiger partial charge in [0.05, 0.1) is 20.1 Å². The normalized spacial score (nSPS) is 13.9. The van der Waals surface area contributed by atoms with Crippen LogP contribution in [0.1, 0.15) is 87.4 Å². The number of halogens is 2. The number of carboxylic acids is 1. The van der Waals surface area contributed by atoms with Crippen molar-refractivity contribution in [2.45, 2.75) is 59.0 Å². The Hall–Kier alpha value is -2.84. The minimum absolute atomic E-state index is 0.0163. The van der Waals surface area contributed by atoms with Crippen LogP contribution in [0.15, 0.2) is 39.3 Å².